The summed E-state index contributed by atoms with van der Waals surface area (Å²) in [4.78, 5) is 13.9. The van der Waals surface area contributed by atoms with Crippen LogP contribution in [0.15, 0.2) is 36.4 Å². The van der Waals surface area contributed by atoms with E-state index in [1.807, 2.05) is 24.3 Å². The highest BCUT2D eigenvalue weighted by atomic mass is 16.6. The molecule has 2 aliphatic heterocycles. The molecule has 0 saturated carbocycles. The molecule has 4 rings (SSSR count). The Morgan fingerprint density at radius 1 is 1.07 bits per heavy atom. The van der Waals surface area contributed by atoms with Crippen LogP contribution in [-0.2, 0) is 4.79 Å². The molecule has 0 aromatic heterocycles. The number of rotatable bonds is 4. The molecular formula is C22H27N2O3+. The number of nitrogens with one attached hydrogen (secondary N) is 2. The SMILES string of the molecule is Cc1ccc(NC(=O)C[NH+]2CCC[C@H]2c2ccc3c(c2)OCCO3)cc1C. The van der Waals surface area contributed by atoms with Gasteiger partial charge in [-0.25, -0.2) is 0 Å². The molecule has 0 radical (unpaired) electrons. The summed E-state index contributed by atoms with van der Waals surface area (Å²) in [6.07, 6.45) is 2.22. The average Bonchev–Trinajstić information content (AvgIpc) is 3.12. The summed E-state index contributed by atoms with van der Waals surface area (Å²) in [5.74, 6) is 1.71. The fraction of sp³-hybridized carbons (Fsp3) is 0.409. The highest BCUT2D eigenvalue weighted by Crippen LogP contribution is 2.33. The molecule has 0 aliphatic carbocycles. The lowest BCUT2D eigenvalue weighted by molar-refractivity contribution is -0.910. The molecule has 2 N–H and O–H groups in total. The van der Waals surface area contributed by atoms with Crippen molar-refractivity contribution in [2.45, 2.75) is 32.7 Å². The van der Waals surface area contributed by atoms with Gasteiger partial charge in [-0.15, -0.1) is 0 Å². The van der Waals surface area contributed by atoms with Crippen molar-refractivity contribution in [1.82, 2.24) is 0 Å². The third-order valence-corrected chi connectivity index (χ3v) is 5.63. The van der Waals surface area contributed by atoms with Gasteiger partial charge in [0.2, 0.25) is 0 Å². The van der Waals surface area contributed by atoms with Gasteiger partial charge in [0.15, 0.2) is 18.0 Å². The molecule has 1 unspecified atom stereocenters. The number of aryl methyl sites for hydroxylation is 2. The molecule has 1 saturated heterocycles. The van der Waals surface area contributed by atoms with Crippen LogP contribution in [0.3, 0.4) is 0 Å². The van der Waals surface area contributed by atoms with Crippen molar-refractivity contribution < 1.29 is 19.2 Å². The molecular weight excluding hydrogens is 340 g/mol. The van der Waals surface area contributed by atoms with E-state index in [9.17, 15) is 4.79 Å². The molecule has 5 nitrogen and oxygen atoms in total. The van der Waals surface area contributed by atoms with Gasteiger partial charge in [-0.1, -0.05) is 6.07 Å². The van der Waals surface area contributed by atoms with E-state index in [1.165, 1.54) is 21.6 Å². The Hall–Kier alpha value is -2.53. The van der Waals surface area contributed by atoms with Crippen LogP contribution >= 0.6 is 0 Å². The largest absolute Gasteiger partial charge is 0.486 e. The van der Waals surface area contributed by atoms with Crippen molar-refractivity contribution in [1.29, 1.82) is 0 Å². The number of hydrogen-bond acceptors (Lipinski definition) is 3. The van der Waals surface area contributed by atoms with Gasteiger partial charge in [0.05, 0.1) is 6.54 Å². The van der Waals surface area contributed by atoms with Gasteiger partial charge in [-0.3, -0.25) is 4.79 Å². The normalized spacial score (nSPS) is 21.1. The fourth-order valence-corrected chi connectivity index (χ4v) is 4.03. The predicted octanol–water partition coefficient (Wildman–Crippen LogP) is 2.43. The Labute approximate surface area is 160 Å². The first-order chi connectivity index (χ1) is 13.1. The van der Waals surface area contributed by atoms with E-state index in [1.54, 1.807) is 0 Å². The number of amides is 1. The third-order valence-electron chi connectivity index (χ3n) is 5.63. The first-order valence-corrected chi connectivity index (χ1v) is 9.71. The quantitative estimate of drug-likeness (QED) is 0.873. The third kappa shape index (κ3) is 3.93. The van der Waals surface area contributed by atoms with E-state index in [4.69, 9.17) is 9.47 Å². The summed E-state index contributed by atoms with van der Waals surface area (Å²) in [6.45, 7) is 6.83. The zero-order chi connectivity index (χ0) is 18.8. The number of carbonyl (C=O) groups excluding carboxylic acids is 1. The number of fused-ring (bicyclic) bond motifs is 1. The van der Waals surface area contributed by atoms with Crippen LogP contribution in [0.4, 0.5) is 5.69 Å². The molecule has 1 fully saturated rings. The maximum atomic E-state index is 12.6. The van der Waals surface area contributed by atoms with Crippen LogP contribution in [0.5, 0.6) is 11.5 Å². The summed E-state index contributed by atoms with van der Waals surface area (Å²) in [5, 5.41) is 3.05. The van der Waals surface area contributed by atoms with Crippen LogP contribution < -0.4 is 19.7 Å². The minimum absolute atomic E-state index is 0.0673. The molecule has 2 aromatic rings. The van der Waals surface area contributed by atoms with E-state index in [2.05, 4.69) is 31.3 Å². The maximum Gasteiger partial charge on any atom is 0.279 e. The van der Waals surface area contributed by atoms with Crippen LogP contribution in [0.2, 0.25) is 0 Å². The Morgan fingerprint density at radius 3 is 2.70 bits per heavy atom. The summed E-state index contributed by atoms with van der Waals surface area (Å²) < 4.78 is 11.3. The summed E-state index contributed by atoms with van der Waals surface area (Å²) in [5.41, 5.74) is 4.52. The number of hydrogen-bond donors (Lipinski definition) is 2. The zero-order valence-electron chi connectivity index (χ0n) is 16.0. The van der Waals surface area contributed by atoms with Gasteiger partial charge in [0, 0.05) is 24.1 Å². The van der Waals surface area contributed by atoms with Gasteiger partial charge in [0.25, 0.3) is 5.91 Å². The second kappa shape index (κ2) is 7.61. The molecule has 2 atom stereocenters. The number of ether oxygens (including phenoxy) is 2. The van der Waals surface area contributed by atoms with Crippen LogP contribution in [0.25, 0.3) is 0 Å². The predicted molar refractivity (Wildman–Crippen MR) is 105 cm³/mol. The lowest BCUT2D eigenvalue weighted by Crippen LogP contribution is -3.11. The summed E-state index contributed by atoms with van der Waals surface area (Å²) >= 11 is 0. The average molecular weight is 367 g/mol. The molecule has 0 bridgehead atoms. The standard InChI is InChI=1S/C22H26N2O3/c1-15-5-7-18(12-16(15)2)23-22(25)14-24-9-3-4-19(24)17-6-8-20-21(13-17)27-11-10-26-20/h5-8,12-13,19H,3-4,9-11,14H2,1-2H3,(H,23,25)/p+1/t19-/m0/s1. The molecule has 2 aromatic carbocycles. The highest BCUT2D eigenvalue weighted by molar-refractivity contribution is 5.91. The highest BCUT2D eigenvalue weighted by Gasteiger charge is 2.32. The molecule has 5 heteroatoms. The van der Waals surface area contributed by atoms with Gasteiger partial charge < -0.3 is 19.7 Å². The van der Waals surface area contributed by atoms with E-state index in [0.29, 0.717) is 25.8 Å². The van der Waals surface area contributed by atoms with Crippen LogP contribution in [-0.4, -0.2) is 32.2 Å². The Balaban J connectivity index is 1.43. The van der Waals surface area contributed by atoms with E-state index in [0.717, 1.165) is 36.6 Å². The second-order valence-corrected chi connectivity index (χ2v) is 7.53. The summed E-state index contributed by atoms with van der Waals surface area (Å²) in [7, 11) is 0. The Morgan fingerprint density at radius 2 is 1.89 bits per heavy atom. The molecule has 27 heavy (non-hydrogen) atoms. The lowest BCUT2D eigenvalue weighted by Gasteiger charge is -2.24. The monoisotopic (exact) mass is 367 g/mol. The van der Waals surface area contributed by atoms with Gasteiger partial charge in [-0.05, 0) is 55.3 Å². The van der Waals surface area contributed by atoms with Crippen molar-refractivity contribution in [2.75, 3.05) is 31.6 Å². The number of anilines is 1. The minimum atomic E-state index is 0.0673. The first-order valence-electron chi connectivity index (χ1n) is 9.71. The Kier molecular flexibility index (Phi) is 5.03. The maximum absolute atomic E-state index is 12.6. The fourth-order valence-electron chi connectivity index (χ4n) is 4.03. The van der Waals surface area contributed by atoms with E-state index in [-0.39, 0.29) is 5.91 Å². The van der Waals surface area contributed by atoms with Gasteiger partial charge in [0.1, 0.15) is 19.3 Å². The zero-order valence-corrected chi connectivity index (χ0v) is 16.0. The molecule has 0 spiro atoms. The van der Waals surface area contributed by atoms with Crippen LogP contribution in [0.1, 0.15) is 35.6 Å². The molecule has 2 heterocycles. The molecule has 1 amide bonds. The van der Waals surface area contributed by atoms with Crippen LogP contribution in [0, 0.1) is 13.8 Å². The van der Waals surface area contributed by atoms with Crippen molar-refractivity contribution >= 4 is 11.6 Å². The molecule has 142 valence electrons. The number of quaternary nitrogens is 1. The topological polar surface area (TPSA) is 52.0 Å². The van der Waals surface area contributed by atoms with Gasteiger partial charge in [-0.2, -0.15) is 0 Å². The van der Waals surface area contributed by atoms with Crippen molar-refractivity contribution in [3.63, 3.8) is 0 Å². The van der Waals surface area contributed by atoms with Gasteiger partial charge >= 0.3 is 0 Å². The molecule has 2 aliphatic rings. The summed E-state index contributed by atoms with van der Waals surface area (Å²) in [6, 6.07) is 12.6. The van der Waals surface area contributed by atoms with Crippen molar-refractivity contribution in [2.24, 2.45) is 0 Å². The van der Waals surface area contributed by atoms with E-state index < -0.39 is 0 Å². The smallest absolute Gasteiger partial charge is 0.279 e. The number of carbonyl (C=O) groups is 1. The lowest BCUT2D eigenvalue weighted by atomic mass is 10.0. The number of likely N-dealkylation sites (tertiary alicyclic amines) is 1. The second-order valence-electron chi connectivity index (χ2n) is 7.53. The first kappa shape index (κ1) is 17.9. The van der Waals surface area contributed by atoms with Crippen molar-refractivity contribution in [3.8, 4) is 11.5 Å². The number of benzene rings is 2. The van der Waals surface area contributed by atoms with Crippen molar-refractivity contribution in [3.05, 3.63) is 53.1 Å². The minimum Gasteiger partial charge on any atom is -0.486 e. The van der Waals surface area contributed by atoms with E-state index >= 15 is 0 Å². The Bertz CT molecular complexity index is 849.